The van der Waals surface area contributed by atoms with Crippen LogP contribution >= 0.6 is 0 Å². The minimum Gasteiger partial charge on any atom is -0.0885 e. The maximum Gasteiger partial charge on any atom is -0.0316 e. The van der Waals surface area contributed by atoms with E-state index in [1.54, 1.807) is 0 Å². The fourth-order valence-electron chi connectivity index (χ4n) is 0.948. The second kappa shape index (κ2) is 10.5. The third-order valence-electron chi connectivity index (χ3n) is 1.66. The van der Waals surface area contributed by atoms with Crippen LogP contribution in [0.25, 0.3) is 0 Å². The molecule has 69 valence electrons. The van der Waals surface area contributed by atoms with E-state index in [2.05, 4.69) is 38.2 Å². The van der Waals surface area contributed by atoms with Crippen molar-refractivity contribution in [3.8, 4) is 0 Å². The Balaban J connectivity index is 3.09. The lowest BCUT2D eigenvalue weighted by Gasteiger charge is -1.87. The van der Waals surface area contributed by atoms with Gasteiger partial charge in [0.1, 0.15) is 0 Å². The first kappa shape index (κ1) is 11.5. The summed E-state index contributed by atoms with van der Waals surface area (Å²) in [5.74, 6) is 0. The summed E-state index contributed by atoms with van der Waals surface area (Å²) in [5, 5.41) is 0. The molecule has 0 bridgehead atoms. The lowest BCUT2D eigenvalue weighted by atomic mass is 10.2. The molecule has 0 atom stereocenters. The van der Waals surface area contributed by atoms with Gasteiger partial charge in [0, 0.05) is 0 Å². The van der Waals surface area contributed by atoms with Crippen molar-refractivity contribution in [1.29, 1.82) is 0 Å². The summed E-state index contributed by atoms with van der Waals surface area (Å²) in [7, 11) is 0. The van der Waals surface area contributed by atoms with Gasteiger partial charge in [0.05, 0.1) is 0 Å². The summed E-state index contributed by atoms with van der Waals surface area (Å²) in [6.45, 7) is 5.99. The van der Waals surface area contributed by atoms with E-state index < -0.39 is 0 Å². The van der Waals surface area contributed by atoms with Crippen LogP contribution in [0.2, 0.25) is 0 Å². The zero-order valence-electron chi connectivity index (χ0n) is 8.26. The van der Waals surface area contributed by atoms with E-state index in [1.807, 2.05) is 0 Å². The lowest BCUT2D eigenvalue weighted by molar-refractivity contribution is 0.941. The number of rotatable bonds is 7. The minimum absolute atomic E-state index is 1.02. The zero-order chi connectivity index (χ0) is 9.07. The van der Waals surface area contributed by atoms with Gasteiger partial charge in [0.15, 0.2) is 0 Å². The third kappa shape index (κ3) is 9.48. The van der Waals surface area contributed by atoms with Crippen molar-refractivity contribution in [3.63, 3.8) is 0 Å². The third-order valence-corrected chi connectivity index (χ3v) is 1.66. The second-order valence-electron chi connectivity index (χ2n) is 2.95. The molecule has 0 unspecified atom stereocenters. The molecule has 0 aromatic carbocycles. The van der Waals surface area contributed by atoms with E-state index in [4.69, 9.17) is 0 Å². The van der Waals surface area contributed by atoms with Crippen LogP contribution in [0.4, 0.5) is 0 Å². The van der Waals surface area contributed by atoms with Crippen molar-refractivity contribution in [2.24, 2.45) is 0 Å². The molecule has 0 aromatic rings. The van der Waals surface area contributed by atoms with Gasteiger partial charge in [-0.3, -0.25) is 0 Å². The van der Waals surface area contributed by atoms with Gasteiger partial charge < -0.3 is 0 Å². The molecule has 0 saturated carbocycles. The summed E-state index contributed by atoms with van der Waals surface area (Å²) in [5.41, 5.74) is 0. The van der Waals surface area contributed by atoms with Crippen molar-refractivity contribution in [3.05, 3.63) is 31.2 Å². The molecule has 0 heterocycles. The molecule has 0 fully saturated rings. The van der Waals surface area contributed by atoms with E-state index in [-0.39, 0.29) is 0 Å². The number of hydrogen-bond donors (Lipinski definition) is 0. The van der Waals surface area contributed by atoms with Crippen molar-refractivity contribution in [2.75, 3.05) is 0 Å². The number of allylic oxidation sites excluding steroid dienone is 4. The molecule has 0 aliphatic rings. The van der Waals surface area contributed by atoms with Gasteiger partial charge in [-0.2, -0.15) is 0 Å². The van der Waals surface area contributed by atoms with E-state index in [9.17, 15) is 0 Å². The Labute approximate surface area is 77.4 Å². The molecule has 1 radical (unpaired) electrons. The van der Waals surface area contributed by atoms with Gasteiger partial charge in [-0.15, -0.1) is 0 Å². The van der Waals surface area contributed by atoms with Gasteiger partial charge in [0.2, 0.25) is 0 Å². The topological polar surface area (TPSA) is 0 Å². The monoisotopic (exact) mass is 165 g/mol. The Morgan fingerprint density at radius 2 is 1.33 bits per heavy atom. The summed E-state index contributed by atoms with van der Waals surface area (Å²) in [6.07, 6.45) is 16.0. The summed E-state index contributed by atoms with van der Waals surface area (Å²) in [4.78, 5) is 0. The highest BCUT2D eigenvalue weighted by Gasteiger charge is 1.77. The highest BCUT2D eigenvalue weighted by molar-refractivity contribution is 4.87. The van der Waals surface area contributed by atoms with Crippen LogP contribution in [0, 0.1) is 6.92 Å². The van der Waals surface area contributed by atoms with Crippen LogP contribution < -0.4 is 0 Å². The Bertz CT molecular complexity index is 104. The Hall–Kier alpha value is -0.520. The molecule has 0 aromatic heterocycles. The van der Waals surface area contributed by atoms with Crippen molar-refractivity contribution < 1.29 is 0 Å². The molecule has 0 rings (SSSR count). The molecule has 0 saturated heterocycles. The maximum atomic E-state index is 3.78. The van der Waals surface area contributed by atoms with Crippen molar-refractivity contribution >= 4 is 0 Å². The average Bonchev–Trinajstić information content (AvgIpc) is 2.10. The minimum atomic E-state index is 1.02. The van der Waals surface area contributed by atoms with Gasteiger partial charge in [-0.05, 0) is 32.1 Å². The van der Waals surface area contributed by atoms with Gasteiger partial charge in [-0.25, -0.2) is 0 Å². The van der Waals surface area contributed by atoms with Crippen LogP contribution in [-0.2, 0) is 0 Å². The SMILES string of the molecule is [CH2]CCC=CCCC=CCCC. The predicted octanol–water partition coefficient (Wildman–Crippen LogP) is 4.29. The van der Waals surface area contributed by atoms with Crippen LogP contribution in [0.5, 0.6) is 0 Å². The first-order valence-corrected chi connectivity index (χ1v) is 5.01. The fraction of sp³-hybridized carbons (Fsp3) is 0.583. The highest BCUT2D eigenvalue weighted by Crippen LogP contribution is 1.97. The number of hydrogen-bond acceptors (Lipinski definition) is 0. The Kier molecular flexibility index (Phi) is 10.0. The largest absolute Gasteiger partial charge is 0.0885 e. The molecular formula is C12H21. The summed E-state index contributed by atoms with van der Waals surface area (Å²) in [6, 6.07) is 0. The maximum absolute atomic E-state index is 3.78. The molecule has 0 aliphatic heterocycles. The smallest absolute Gasteiger partial charge is 0.0316 e. The Morgan fingerprint density at radius 1 is 0.833 bits per heavy atom. The van der Waals surface area contributed by atoms with Crippen molar-refractivity contribution in [2.45, 2.75) is 45.4 Å². The van der Waals surface area contributed by atoms with Crippen LogP contribution in [0.1, 0.15) is 45.4 Å². The second-order valence-corrected chi connectivity index (χ2v) is 2.95. The Morgan fingerprint density at radius 3 is 1.83 bits per heavy atom. The highest BCUT2D eigenvalue weighted by atomic mass is 13.8. The first-order chi connectivity index (χ1) is 5.91. The van der Waals surface area contributed by atoms with Crippen LogP contribution in [0.15, 0.2) is 24.3 Å². The molecule has 0 nitrogen and oxygen atoms in total. The first-order valence-electron chi connectivity index (χ1n) is 5.01. The quantitative estimate of drug-likeness (QED) is 0.390. The lowest BCUT2D eigenvalue weighted by Crippen LogP contribution is -1.67. The summed E-state index contributed by atoms with van der Waals surface area (Å²) < 4.78 is 0. The molecule has 0 heteroatoms. The van der Waals surface area contributed by atoms with E-state index in [1.165, 1.54) is 25.7 Å². The normalized spacial score (nSPS) is 11.8. The molecule has 0 N–H and O–H groups in total. The van der Waals surface area contributed by atoms with Gasteiger partial charge >= 0.3 is 0 Å². The molecular weight excluding hydrogens is 144 g/mol. The van der Waals surface area contributed by atoms with Crippen LogP contribution in [0.3, 0.4) is 0 Å². The summed E-state index contributed by atoms with van der Waals surface area (Å²) >= 11 is 0. The fourth-order valence-corrected chi connectivity index (χ4v) is 0.948. The van der Waals surface area contributed by atoms with E-state index in [0.717, 1.165) is 12.8 Å². The predicted molar refractivity (Wildman–Crippen MR) is 57.0 cm³/mol. The molecule has 12 heavy (non-hydrogen) atoms. The number of unbranched alkanes of at least 4 members (excludes halogenated alkanes) is 3. The van der Waals surface area contributed by atoms with Gasteiger partial charge in [0.25, 0.3) is 0 Å². The molecule has 0 aliphatic carbocycles. The van der Waals surface area contributed by atoms with Crippen molar-refractivity contribution in [1.82, 2.24) is 0 Å². The van der Waals surface area contributed by atoms with Gasteiger partial charge in [-0.1, -0.05) is 44.6 Å². The standard InChI is InChI=1S/C12H21/c1-3-5-7-9-11-12-10-8-6-4-2/h7-10H,1,3-6,11-12H2,2H3. The zero-order valence-corrected chi connectivity index (χ0v) is 8.26. The van der Waals surface area contributed by atoms with E-state index in [0.29, 0.717) is 0 Å². The average molecular weight is 165 g/mol. The molecule has 0 spiro atoms. The van der Waals surface area contributed by atoms with Crippen LogP contribution in [-0.4, -0.2) is 0 Å². The molecule has 0 amide bonds. The van der Waals surface area contributed by atoms with E-state index >= 15 is 0 Å².